The summed E-state index contributed by atoms with van der Waals surface area (Å²) in [5.41, 5.74) is 1.54. The van der Waals surface area contributed by atoms with Crippen LogP contribution in [0.5, 0.6) is 0 Å². The van der Waals surface area contributed by atoms with E-state index in [1.165, 1.54) is 0 Å². The van der Waals surface area contributed by atoms with E-state index >= 15 is 0 Å². The van der Waals surface area contributed by atoms with Crippen LogP contribution < -0.4 is 5.32 Å². The van der Waals surface area contributed by atoms with Crippen molar-refractivity contribution >= 4 is 17.5 Å². The zero-order chi connectivity index (χ0) is 14.5. The van der Waals surface area contributed by atoms with E-state index in [0.717, 1.165) is 12.0 Å². The Balaban J connectivity index is 2.06. The molecule has 0 bridgehead atoms. The molecule has 1 aromatic carbocycles. The average Bonchev–Trinajstić information content (AvgIpc) is 2.90. The second kappa shape index (κ2) is 6.57. The summed E-state index contributed by atoms with van der Waals surface area (Å²) in [5, 5.41) is 7.82. The van der Waals surface area contributed by atoms with Crippen LogP contribution in [0.4, 0.5) is 0 Å². The number of nitrogens with one attached hydrogen (secondary N) is 1. The minimum atomic E-state index is -0.0928. The summed E-state index contributed by atoms with van der Waals surface area (Å²) in [5.74, 6) is -0.0928. The summed E-state index contributed by atoms with van der Waals surface area (Å²) in [7, 11) is 0. The molecule has 4 nitrogen and oxygen atoms in total. The van der Waals surface area contributed by atoms with Crippen molar-refractivity contribution in [2.45, 2.75) is 32.9 Å². The Labute approximate surface area is 123 Å². The Kier molecular flexibility index (Phi) is 4.79. The molecule has 20 heavy (non-hydrogen) atoms. The van der Waals surface area contributed by atoms with E-state index in [1.54, 1.807) is 17.1 Å². The van der Waals surface area contributed by atoms with Crippen LogP contribution in [-0.4, -0.2) is 21.7 Å². The lowest BCUT2D eigenvalue weighted by Crippen LogP contribution is -2.31. The second-order valence-electron chi connectivity index (χ2n) is 4.80. The summed E-state index contributed by atoms with van der Waals surface area (Å²) >= 11 is 6.11. The molecule has 2 aromatic rings. The minimum Gasteiger partial charge on any atom is -0.350 e. The van der Waals surface area contributed by atoms with Crippen molar-refractivity contribution in [3.05, 3.63) is 52.8 Å². The minimum absolute atomic E-state index is 0.0928. The monoisotopic (exact) mass is 291 g/mol. The van der Waals surface area contributed by atoms with Gasteiger partial charge in [-0.1, -0.05) is 36.7 Å². The van der Waals surface area contributed by atoms with Gasteiger partial charge in [0.25, 0.3) is 5.91 Å². The molecule has 0 radical (unpaired) electrons. The van der Waals surface area contributed by atoms with Gasteiger partial charge < -0.3 is 5.32 Å². The van der Waals surface area contributed by atoms with Crippen molar-refractivity contribution in [3.63, 3.8) is 0 Å². The Bertz CT molecular complexity index is 594. The van der Waals surface area contributed by atoms with E-state index in [4.69, 9.17) is 11.6 Å². The van der Waals surface area contributed by atoms with Gasteiger partial charge in [0, 0.05) is 17.3 Å². The Morgan fingerprint density at radius 2 is 2.20 bits per heavy atom. The van der Waals surface area contributed by atoms with Gasteiger partial charge in [-0.2, -0.15) is 5.10 Å². The summed E-state index contributed by atoms with van der Waals surface area (Å²) in [6.07, 6.45) is 4.22. The van der Waals surface area contributed by atoms with Crippen molar-refractivity contribution in [2.24, 2.45) is 0 Å². The third-order valence-corrected chi connectivity index (χ3v) is 3.54. The first-order valence-electron chi connectivity index (χ1n) is 6.67. The van der Waals surface area contributed by atoms with Gasteiger partial charge in [-0.05, 0) is 25.0 Å². The summed E-state index contributed by atoms with van der Waals surface area (Å²) in [6, 6.07) is 7.77. The van der Waals surface area contributed by atoms with Crippen LogP contribution in [-0.2, 0) is 6.54 Å². The number of carbonyl (C=O) groups excluding carboxylic acids is 1. The molecule has 0 saturated carbocycles. The molecule has 1 heterocycles. The van der Waals surface area contributed by atoms with Crippen molar-refractivity contribution in [1.29, 1.82) is 0 Å². The van der Waals surface area contributed by atoms with E-state index in [9.17, 15) is 4.79 Å². The van der Waals surface area contributed by atoms with Crippen LogP contribution in [0.2, 0.25) is 5.02 Å². The zero-order valence-electron chi connectivity index (χ0n) is 11.6. The zero-order valence-corrected chi connectivity index (χ0v) is 12.4. The average molecular weight is 292 g/mol. The SMILES string of the molecule is CCC(C)NC(=O)c1cnn(Cc2ccccc2Cl)c1. The van der Waals surface area contributed by atoms with E-state index < -0.39 is 0 Å². The van der Waals surface area contributed by atoms with E-state index in [2.05, 4.69) is 10.4 Å². The largest absolute Gasteiger partial charge is 0.350 e. The van der Waals surface area contributed by atoms with Crippen LogP contribution in [0.15, 0.2) is 36.7 Å². The normalized spacial score (nSPS) is 12.2. The fourth-order valence-electron chi connectivity index (χ4n) is 1.78. The Morgan fingerprint density at radius 1 is 1.45 bits per heavy atom. The topological polar surface area (TPSA) is 46.9 Å². The summed E-state index contributed by atoms with van der Waals surface area (Å²) in [4.78, 5) is 12.0. The van der Waals surface area contributed by atoms with Gasteiger partial charge in [0.1, 0.15) is 0 Å². The first-order valence-corrected chi connectivity index (χ1v) is 7.04. The van der Waals surface area contributed by atoms with Crippen LogP contribution in [0.1, 0.15) is 36.2 Å². The standard InChI is InChI=1S/C15H18ClN3O/c1-3-11(2)18-15(20)13-8-17-19(10-13)9-12-6-4-5-7-14(12)16/h4-8,10-11H,3,9H2,1-2H3,(H,18,20). The number of amides is 1. The van der Waals surface area contributed by atoms with Crippen molar-refractivity contribution in [2.75, 3.05) is 0 Å². The van der Waals surface area contributed by atoms with Crippen molar-refractivity contribution in [3.8, 4) is 0 Å². The lowest BCUT2D eigenvalue weighted by atomic mass is 10.2. The number of halogens is 1. The first kappa shape index (κ1) is 14.6. The van der Waals surface area contributed by atoms with E-state index in [1.807, 2.05) is 38.1 Å². The number of benzene rings is 1. The maximum absolute atomic E-state index is 12.0. The molecule has 106 valence electrons. The van der Waals surface area contributed by atoms with Crippen LogP contribution in [0.25, 0.3) is 0 Å². The maximum Gasteiger partial charge on any atom is 0.254 e. The molecule has 1 aromatic heterocycles. The molecule has 0 aliphatic carbocycles. The highest BCUT2D eigenvalue weighted by Crippen LogP contribution is 2.16. The number of hydrogen-bond acceptors (Lipinski definition) is 2. The Hall–Kier alpha value is -1.81. The lowest BCUT2D eigenvalue weighted by molar-refractivity contribution is 0.0939. The first-order chi connectivity index (χ1) is 9.60. The number of nitrogens with zero attached hydrogens (tertiary/aromatic N) is 2. The number of carbonyl (C=O) groups is 1. The second-order valence-corrected chi connectivity index (χ2v) is 5.21. The summed E-state index contributed by atoms with van der Waals surface area (Å²) in [6.45, 7) is 4.56. The highest BCUT2D eigenvalue weighted by Gasteiger charge is 2.11. The Morgan fingerprint density at radius 3 is 2.90 bits per heavy atom. The van der Waals surface area contributed by atoms with Gasteiger partial charge >= 0.3 is 0 Å². The van der Waals surface area contributed by atoms with E-state index in [0.29, 0.717) is 17.1 Å². The van der Waals surface area contributed by atoms with E-state index in [-0.39, 0.29) is 11.9 Å². The third-order valence-electron chi connectivity index (χ3n) is 3.18. The van der Waals surface area contributed by atoms with Gasteiger partial charge in [0.05, 0.1) is 18.3 Å². The quantitative estimate of drug-likeness (QED) is 0.920. The van der Waals surface area contributed by atoms with Gasteiger partial charge in [-0.25, -0.2) is 0 Å². The molecule has 0 spiro atoms. The molecular weight excluding hydrogens is 274 g/mol. The fourth-order valence-corrected chi connectivity index (χ4v) is 1.97. The molecule has 1 amide bonds. The number of aromatic nitrogens is 2. The van der Waals surface area contributed by atoms with Crippen molar-refractivity contribution in [1.82, 2.24) is 15.1 Å². The van der Waals surface area contributed by atoms with Gasteiger partial charge in [-0.3, -0.25) is 9.48 Å². The van der Waals surface area contributed by atoms with Crippen LogP contribution in [0.3, 0.4) is 0 Å². The molecule has 1 N–H and O–H groups in total. The van der Waals surface area contributed by atoms with Gasteiger partial charge in [0.2, 0.25) is 0 Å². The predicted octanol–water partition coefficient (Wildman–Crippen LogP) is 3.11. The van der Waals surface area contributed by atoms with Crippen LogP contribution >= 0.6 is 11.6 Å². The maximum atomic E-state index is 12.0. The molecular formula is C15H18ClN3O. The molecule has 2 rings (SSSR count). The molecule has 0 aliphatic rings. The highest BCUT2D eigenvalue weighted by molar-refractivity contribution is 6.31. The number of rotatable bonds is 5. The van der Waals surface area contributed by atoms with Crippen molar-refractivity contribution < 1.29 is 4.79 Å². The highest BCUT2D eigenvalue weighted by atomic mass is 35.5. The fraction of sp³-hybridized carbons (Fsp3) is 0.333. The lowest BCUT2D eigenvalue weighted by Gasteiger charge is -2.09. The van der Waals surface area contributed by atoms with Gasteiger partial charge in [-0.15, -0.1) is 0 Å². The molecule has 5 heteroatoms. The van der Waals surface area contributed by atoms with Gasteiger partial charge in [0.15, 0.2) is 0 Å². The summed E-state index contributed by atoms with van der Waals surface area (Å²) < 4.78 is 1.72. The predicted molar refractivity (Wildman–Crippen MR) is 80.0 cm³/mol. The molecule has 1 atom stereocenters. The smallest absolute Gasteiger partial charge is 0.254 e. The number of hydrogen-bond donors (Lipinski definition) is 1. The third kappa shape index (κ3) is 3.61. The molecule has 1 unspecified atom stereocenters. The molecule has 0 fully saturated rings. The van der Waals surface area contributed by atoms with Crippen LogP contribution in [0, 0.1) is 0 Å². The molecule has 0 aliphatic heterocycles. The molecule has 0 saturated heterocycles.